The summed E-state index contributed by atoms with van der Waals surface area (Å²) in [6, 6.07) is 10.5. The van der Waals surface area contributed by atoms with Gasteiger partial charge in [-0.3, -0.25) is 14.9 Å². The van der Waals surface area contributed by atoms with E-state index in [9.17, 15) is 23.7 Å². The van der Waals surface area contributed by atoms with E-state index in [1.165, 1.54) is 47.3 Å². The highest BCUT2D eigenvalue weighted by atomic mass is 19.1. The van der Waals surface area contributed by atoms with Gasteiger partial charge in [0.15, 0.2) is 5.69 Å². The largest absolute Gasteiger partial charge is 0.350 e. The highest BCUT2D eigenvalue weighted by molar-refractivity contribution is 5.92. The van der Waals surface area contributed by atoms with Crippen molar-refractivity contribution in [2.75, 3.05) is 6.54 Å². The average Bonchev–Trinajstić information content (AvgIpc) is 3.11. The first kappa shape index (κ1) is 18.2. The van der Waals surface area contributed by atoms with Gasteiger partial charge in [0.1, 0.15) is 11.6 Å². The van der Waals surface area contributed by atoms with E-state index in [0.29, 0.717) is 11.3 Å². The molecule has 0 saturated carbocycles. The predicted octanol–water partition coefficient (Wildman–Crippen LogP) is 3.03. The molecule has 1 heterocycles. The van der Waals surface area contributed by atoms with E-state index in [4.69, 9.17) is 0 Å². The Morgan fingerprint density at radius 3 is 2.59 bits per heavy atom. The van der Waals surface area contributed by atoms with Crippen LogP contribution in [0.15, 0.2) is 54.7 Å². The molecule has 27 heavy (non-hydrogen) atoms. The van der Waals surface area contributed by atoms with Gasteiger partial charge in [0.05, 0.1) is 10.6 Å². The van der Waals surface area contributed by atoms with Crippen molar-refractivity contribution in [3.63, 3.8) is 0 Å². The number of rotatable bonds is 6. The molecule has 3 rings (SSSR count). The summed E-state index contributed by atoms with van der Waals surface area (Å²) in [4.78, 5) is 22.5. The zero-order valence-corrected chi connectivity index (χ0v) is 13.9. The van der Waals surface area contributed by atoms with E-state index in [2.05, 4.69) is 10.4 Å². The molecule has 0 radical (unpaired) electrons. The molecule has 0 unspecified atom stereocenters. The minimum Gasteiger partial charge on any atom is -0.350 e. The van der Waals surface area contributed by atoms with Crippen molar-refractivity contribution in [1.82, 2.24) is 15.1 Å². The molecule has 138 valence electrons. The molecule has 9 heteroatoms. The average molecular weight is 372 g/mol. The van der Waals surface area contributed by atoms with Gasteiger partial charge in [0.2, 0.25) is 0 Å². The van der Waals surface area contributed by atoms with Gasteiger partial charge < -0.3 is 5.32 Å². The Labute approximate surface area is 152 Å². The molecule has 0 saturated heterocycles. The van der Waals surface area contributed by atoms with Crippen molar-refractivity contribution in [2.24, 2.45) is 0 Å². The lowest BCUT2D eigenvalue weighted by Crippen LogP contribution is -2.26. The minimum absolute atomic E-state index is 0.0867. The predicted molar refractivity (Wildman–Crippen MR) is 92.6 cm³/mol. The van der Waals surface area contributed by atoms with E-state index in [-0.39, 0.29) is 24.3 Å². The number of hydrogen-bond acceptors (Lipinski definition) is 4. The molecule has 1 amide bonds. The topological polar surface area (TPSA) is 90.1 Å². The van der Waals surface area contributed by atoms with E-state index in [1.54, 1.807) is 6.07 Å². The molecular formula is C18H14F2N4O3. The third-order valence-corrected chi connectivity index (χ3v) is 3.75. The normalized spacial score (nSPS) is 10.6. The number of non-ortho nitro benzene ring substituents is 1. The van der Waals surface area contributed by atoms with Gasteiger partial charge in [-0.2, -0.15) is 5.10 Å². The second-order valence-electron chi connectivity index (χ2n) is 5.71. The summed E-state index contributed by atoms with van der Waals surface area (Å²) in [6.45, 7) is 0.172. The van der Waals surface area contributed by atoms with Crippen LogP contribution < -0.4 is 5.32 Å². The third kappa shape index (κ3) is 4.51. The summed E-state index contributed by atoms with van der Waals surface area (Å²) in [5, 5.41) is 17.5. The number of nitrogens with zero attached hydrogens (tertiary/aromatic N) is 3. The molecule has 0 spiro atoms. The summed E-state index contributed by atoms with van der Waals surface area (Å²) in [5.41, 5.74) is 0.900. The molecule has 0 aliphatic carbocycles. The van der Waals surface area contributed by atoms with Gasteiger partial charge in [-0.05, 0) is 36.2 Å². The van der Waals surface area contributed by atoms with E-state index < -0.39 is 22.5 Å². The van der Waals surface area contributed by atoms with Crippen molar-refractivity contribution in [2.45, 2.75) is 6.42 Å². The molecule has 2 aromatic carbocycles. The van der Waals surface area contributed by atoms with E-state index >= 15 is 0 Å². The molecule has 1 N–H and O–H groups in total. The summed E-state index contributed by atoms with van der Waals surface area (Å²) in [6.07, 6.45) is 1.77. The van der Waals surface area contributed by atoms with Gasteiger partial charge in [-0.1, -0.05) is 6.07 Å². The summed E-state index contributed by atoms with van der Waals surface area (Å²) in [5.74, 6) is -1.81. The minimum atomic E-state index is -0.674. The maximum atomic E-state index is 13.1. The van der Waals surface area contributed by atoms with E-state index in [0.717, 1.165) is 6.07 Å². The van der Waals surface area contributed by atoms with Crippen LogP contribution in [-0.2, 0) is 6.42 Å². The van der Waals surface area contributed by atoms with Crippen LogP contribution in [0, 0.1) is 21.7 Å². The number of hydrogen-bond donors (Lipinski definition) is 1. The Kier molecular flexibility index (Phi) is 5.20. The van der Waals surface area contributed by atoms with Crippen LogP contribution in [0.3, 0.4) is 0 Å². The molecule has 0 bridgehead atoms. The smallest absolute Gasteiger partial charge is 0.271 e. The lowest BCUT2D eigenvalue weighted by Gasteiger charge is -2.04. The summed E-state index contributed by atoms with van der Waals surface area (Å²) < 4.78 is 27.6. The molecule has 3 aromatic rings. The lowest BCUT2D eigenvalue weighted by molar-refractivity contribution is -0.384. The summed E-state index contributed by atoms with van der Waals surface area (Å²) in [7, 11) is 0. The number of nitro benzene ring substituents is 1. The Hall–Kier alpha value is -3.62. The highest BCUT2D eigenvalue weighted by Gasteiger charge is 2.12. The second-order valence-corrected chi connectivity index (χ2v) is 5.71. The number of carbonyl (C=O) groups is 1. The van der Waals surface area contributed by atoms with Gasteiger partial charge in [0.25, 0.3) is 11.6 Å². The van der Waals surface area contributed by atoms with Crippen molar-refractivity contribution < 1.29 is 18.5 Å². The van der Waals surface area contributed by atoms with Crippen LogP contribution in [0.25, 0.3) is 5.69 Å². The molecule has 1 aromatic heterocycles. The Bertz CT molecular complexity index is 984. The first-order valence-electron chi connectivity index (χ1n) is 7.96. The number of aromatic nitrogens is 2. The third-order valence-electron chi connectivity index (χ3n) is 3.75. The van der Waals surface area contributed by atoms with Gasteiger partial charge in [-0.25, -0.2) is 13.5 Å². The Morgan fingerprint density at radius 2 is 1.89 bits per heavy atom. The molecule has 0 aliphatic heterocycles. The maximum absolute atomic E-state index is 13.1. The number of amides is 1. The van der Waals surface area contributed by atoms with Crippen LogP contribution in [0.1, 0.15) is 16.1 Å². The first-order chi connectivity index (χ1) is 12.9. The van der Waals surface area contributed by atoms with Crippen molar-refractivity contribution in [3.8, 4) is 5.69 Å². The van der Waals surface area contributed by atoms with Crippen LogP contribution in [0.2, 0.25) is 0 Å². The van der Waals surface area contributed by atoms with E-state index in [1.807, 2.05) is 0 Å². The van der Waals surface area contributed by atoms with Crippen LogP contribution >= 0.6 is 0 Å². The van der Waals surface area contributed by atoms with Crippen molar-refractivity contribution in [3.05, 3.63) is 87.7 Å². The summed E-state index contributed by atoms with van der Waals surface area (Å²) >= 11 is 0. The SMILES string of the molecule is O=C(NCCc1cc(F)cc(F)c1)c1ccn(-c2cccc([N+](=O)[O-])c2)n1. The first-order valence-corrected chi connectivity index (χ1v) is 7.96. The number of halogens is 2. The van der Waals surface area contributed by atoms with Crippen molar-refractivity contribution >= 4 is 11.6 Å². The fraction of sp³-hybridized carbons (Fsp3) is 0.111. The van der Waals surface area contributed by atoms with Gasteiger partial charge in [0, 0.05) is 30.9 Å². The Balaban J connectivity index is 1.63. The number of benzene rings is 2. The van der Waals surface area contributed by atoms with Crippen LogP contribution in [-0.4, -0.2) is 27.2 Å². The van der Waals surface area contributed by atoms with Gasteiger partial charge >= 0.3 is 0 Å². The van der Waals surface area contributed by atoms with Crippen molar-refractivity contribution in [1.29, 1.82) is 0 Å². The van der Waals surface area contributed by atoms with Crippen LogP contribution in [0.5, 0.6) is 0 Å². The molecule has 0 aliphatic rings. The monoisotopic (exact) mass is 372 g/mol. The van der Waals surface area contributed by atoms with Gasteiger partial charge in [-0.15, -0.1) is 0 Å². The number of nitro groups is 1. The molecular weight excluding hydrogens is 358 g/mol. The molecule has 7 nitrogen and oxygen atoms in total. The lowest BCUT2D eigenvalue weighted by atomic mass is 10.1. The van der Waals surface area contributed by atoms with Crippen LogP contribution in [0.4, 0.5) is 14.5 Å². The fourth-order valence-corrected chi connectivity index (χ4v) is 2.50. The molecule has 0 atom stereocenters. The molecule has 0 fully saturated rings. The Morgan fingerprint density at radius 1 is 1.15 bits per heavy atom. The maximum Gasteiger partial charge on any atom is 0.271 e. The number of nitrogens with one attached hydrogen (secondary N) is 1. The standard InChI is InChI=1S/C18H14F2N4O3/c19-13-8-12(9-14(20)10-13)4-6-21-18(25)17-5-7-23(22-17)15-2-1-3-16(11-15)24(26)27/h1-3,5,7-11H,4,6H2,(H,21,25). The zero-order valence-electron chi connectivity index (χ0n) is 13.9. The zero-order chi connectivity index (χ0) is 19.4. The fourth-order valence-electron chi connectivity index (χ4n) is 2.50. The second kappa shape index (κ2) is 7.73. The highest BCUT2D eigenvalue weighted by Crippen LogP contribution is 2.16. The number of carbonyl (C=O) groups excluding carboxylic acids is 1. The quantitative estimate of drug-likeness (QED) is 0.532.